The third-order valence-corrected chi connectivity index (χ3v) is 3.34. The van der Waals surface area contributed by atoms with Crippen molar-refractivity contribution in [3.63, 3.8) is 0 Å². The third-order valence-electron chi connectivity index (χ3n) is 3.34. The van der Waals surface area contributed by atoms with Gasteiger partial charge in [0.1, 0.15) is 6.61 Å². The van der Waals surface area contributed by atoms with Gasteiger partial charge in [-0.15, -0.1) is 0 Å². The van der Waals surface area contributed by atoms with Crippen LogP contribution < -0.4 is 4.90 Å². The molecule has 1 aliphatic heterocycles. The van der Waals surface area contributed by atoms with Crippen molar-refractivity contribution < 1.29 is 19.2 Å². The van der Waals surface area contributed by atoms with Crippen LogP contribution in [0.2, 0.25) is 0 Å². The topological polar surface area (TPSA) is 89.8 Å². The number of fused-ring (bicyclic) bond motifs is 1. The maximum absolute atomic E-state index is 12.1. The van der Waals surface area contributed by atoms with Gasteiger partial charge < -0.3 is 9.64 Å². The molecule has 0 aromatic heterocycles. The number of hydrogen-bond donors (Lipinski definition) is 0. The van der Waals surface area contributed by atoms with Gasteiger partial charge in [0.05, 0.1) is 11.5 Å². The average Bonchev–Trinajstić information content (AvgIpc) is 2.59. The molecule has 0 fully saturated rings. The van der Waals surface area contributed by atoms with E-state index in [1.54, 1.807) is 0 Å². The number of aryl methyl sites for hydroxylation is 1. The van der Waals surface area contributed by atoms with Gasteiger partial charge in [-0.3, -0.25) is 19.7 Å². The van der Waals surface area contributed by atoms with Crippen molar-refractivity contribution >= 4 is 23.1 Å². The maximum atomic E-state index is 12.1. The summed E-state index contributed by atoms with van der Waals surface area (Å²) in [7, 11) is 1.42. The molecule has 0 bridgehead atoms. The highest BCUT2D eigenvalue weighted by Crippen LogP contribution is 2.30. The van der Waals surface area contributed by atoms with Crippen LogP contribution >= 0.6 is 0 Å². The van der Waals surface area contributed by atoms with Crippen molar-refractivity contribution in [3.05, 3.63) is 33.9 Å². The highest BCUT2D eigenvalue weighted by Gasteiger charge is 2.25. The van der Waals surface area contributed by atoms with Gasteiger partial charge in [-0.25, -0.2) is 0 Å². The minimum absolute atomic E-state index is 0.00809. The SMILES string of the molecule is COCC(=O)CN1C(=O)CCCc2cc([N+](=O)[O-])ccc21. The van der Waals surface area contributed by atoms with Crippen LogP contribution in [0.4, 0.5) is 11.4 Å². The molecule has 0 saturated carbocycles. The number of amides is 1. The molecule has 7 nitrogen and oxygen atoms in total. The number of ether oxygens (including phenoxy) is 1. The van der Waals surface area contributed by atoms with Crippen molar-refractivity contribution in [3.8, 4) is 0 Å². The van der Waals surface area contributed by atoms with E-state index in [0.717, 1.165) is 5.56 Å². The zero-order chi connectivity index (χ0) is 15.4. The minimum Gasteiger partial charge on any atom is -0.377 e. The second kappa shape index (κ2) is 6.45. The van der Waals surface area contributed by atoms with Gasteiger partial charge in [-0.1, -0.05) is 0 Å². The number of methoxy groups -OCH3 is 1. The molecular formula is C14H16N2O5. The van der Waals surface area contributed by atoms with Crippen LogP contribution in [0.15, 0.2) is 18.2 Å². The second-order valence-corrected chi connectivity index (χ2v) is 4.88. The molecule has 0 spiro atoms. The molecule has 112 valence electrons. The van der Waals surface area contributed by atoms with E-state index >= 15 is 0 Å². The summed E-state index contributed by atoms with van der Waals surface area (Å²) in [6.45, 7) is -0.135. The normalized spacial score (nSPS) is 14.5. The standard InChI is InChI=1S/C14H16N2O5/c1-21-9-12(17)8-15-13-6-5-11(16(19)20)7-10(13)3-2-4-14(15)18/h5-7H,2-4,8-9H2,1H3. The molecule has 0 aliphatic carbocycles. The van der Waals surface area contributed by atoms with Crippen molar-refractivity contribution in [2.75, 3.05) is 25.2 Å². The predicted octanol–water partition coefficient (Wildman–Crippen LogP) is 1.48. The number of nitro groups is 1. The highest BCUT2D eigenvalue weighted by atomic mass is 16.6. The largest absolute Gasteiger partial charge is 0.377 e. The number of ketones is 1. The Balaban J connectivity index is 2.35. The lowest BCUT2D eigenvalue weighted by molar-refractivity contribution is -0.384. The number of non-ortho nitro benzene ring substituents is 1. The van der Waals surface area contributed by atoms with Crippen LogP contribution in [-0.2, 0) is 20.7 Å². The Morgan fingerprint density at radius 3 is 2.86 bits per heavy atom. The van der Waals surface area contributed by atoms with E-state index in [0.29, 0.717) is 24.9 Å². The van der Waals surface area contributed by atoms with Crippen LogP contribution in [0.3, 0.4) is 0 Å². The second-order valence-electron chi connectivity index (χ2n) is 4.88. The van der Waals surface area contributed by atoms with E-state index in [9.17, 15) is 19.7 Å². The Hall–Kier alpha value is -2.28. The predicted molar refractivity (Wildman–Crippen MR) is 75.3 cm³/mol. The lowest BCUT2D eigenvalue weighted by Gasteiger charge is -2.22. The number of hydrogen-bond acceptors (Lipinski definition) is 5. The third kappa shape index (κ3) is 3.43. The smallest absolute Gasteiger partial charge is 0.269 e. The molecule has 1 heterocycles. The lowest BCUT2D eigenvalue weighted by atomic mass is 10.1. The fourth-order valence-electron chi connectivity index (χ4n) is 2.40. The van der Waals surface area contributed by atoms with E-state index in [1.165, 1.54) is 30.2 Å². The highest BCUT2D eigenvalue weighted by molar-refractivity contribution is 6.00. The fourth-order valence-corrected chi connectivity index (χ4v) is 2.40. The summed E-state index contributed by atoms with van der Waals surface area (Å²) in [4.78, 5) is 35.6. The van der Waals surface area contributed by atoms with Crippen molar-refractivity contribution in [2.24, 2.45) is 0 Å². The first-order valence-corrected chi connectivity index (χ1v) is 6.61. The quantitative estimate of drug-likeness (QED) is 0.605. The minimum atomic E-state index is -0.465. The molecular weight excluding hydrogens is 276 g/mol. The van der Waals surface area contributed by atoms with Gasteiger partial charge in [-0.2, -0.15) is 0 Å². The number of nitro benzene ring substituents is 1. The van der Waals surface area contributed by atoms with Gasteiger partial charge in [-0.05, 0) is 24.5 Å². The molecule has 7 heteroatoms. The summed E-state index contributed by atoms with van der Waals surface area (Å²) in [5.74, 6) is -0.357. The number of carbonyl (C=O) groups is 2. The zero-order valence-corrected chi connectivity index (χ0v) is 11.7. The molecule has 1 aliphatic rings. The van der Waals surface area contributed by atoms with Crippen LogP contribution in [0, 0.1) is 10.1 Å². The van der Waals surface area contributed by atoms with Crippen LogP contribution in [0.25, 0.3) is 0 Å². The van der Waals surface area contributed by atoms with Crippen molar-refractivity contribution in [2.45, 2.75) is 19.3 Å². The van der Waals surface area contributed by atoms with Gasteiger partial charge in [0.2, 0.25) is 5.91 Å². The number of benzene rings is 1. The number of carbonyl (C=O) groups excluding carboxylic acids is 2. The molecule has 0 saturated heterocycles. The molecule has 0 unspecified atom stereocenters. The van der Waals surface area contributed by atoms with Gasteiger partial charge in [0.15, 0.2) is 5.78 Å². The van der Waals surface area contributed by atoms with Crippen molar-refractivity contribution in [1.82, 2.24) is 0 Å². The van der Waals surface area contributed by atoms with E-state index in [4.69, 9.17) is 4.74 Å². The zero-order valence-electron chi connectivity index (χ0n) is 11.7. The Morgan fingerprint density at radius 2 is 2.19 bits per heavy atom. The van der Waals surface area contributed by atoms with Gasteiger partial charge in [0.25, 0.3) is 5.69 Å². The first-order valence-electron chi connectivity index (χ1n) is 6.61. The summed E-state index contributed by atoms with van der Waals surface area (Å²) in [6.07, 6.45) is 1.52. The molecule has 0 radical (unpaired) electrons. The summed E-state index contributed by atoms with van der Waals surface area (Å²) in [5.41, 5.74) is 1.29. The van der Waals surface area contributed by atoms with Crippen LogP contribution in [0.5, 0.6) is 0 Å². The lowest BCUT2D eigenvalue weighted by Crippen LogP contribution is -2.36. The van der Waals surface area contributed by atoms with Crippen LogP contribution in [-0.4, -0.2) is 36.9 Å². The number of Topliss-reactive ketones (excluding diaryl/α,β-unsaturated/α-hetero) is 1. The molecule has 21 heavy (non-hydrogen) atoms. The molecule has 1 amide bonds. The molecule has 2 rings (SSSR count). The van der Waals surface area contributed by atoms with Crippen molar-refractivity contribution in [1.29, 1.82) is 0 Å². The Bertz CT molecular complexity index is 585. The maximum Gasteiger partial charge on any atom is 0.269 e. The molecule has 1 aromatic carbocycles. The van der Waals surface area contributed by atoms with E-state index in [-0.39, 0.29) is 30.5 Å². The van der Waals surface area contributed by atoms with E-state index < -0.39 is 4.92 Å². The number of rotatable bonds is 5. The van der Waals surface area contributed by atoms with E-state index in [2.05, 4.69) is 0 Å². The number of anilines is 1. The molecule has 0 N–H and O–H groups in total. The van der Waals surface area contributed by atoms with Gasteiger partial charge >= 0.3 is 0 Å². The summed E-state index contributed by atoms with van der Waals surface area (Å²) in [6, 6.07) is 4.36. The summed E-state index contributed by atoms with van der Waals surface area (Å²) >= 11 is 0. The first-order chi connectivity index (χ1) is 10.0. The molecule has 1 aromatic rings. The summed E-state index contributed by atoms with van der Waals surface area (Å²) in [5, 5.41) is 10.8. The first kappa shape index (κ1) is 15.1. The monoisotopic (exact) mass is 292 g/mol. The van der Waals surface area contributed by atoms with Gasteiger partial charge in [0, 0.05) is 31.4 Å². The summed E-state index contributed by atoms with van der Waals surface area (Å²) < 4.78 is 4.77. The average molecular weight is 292 g/mol. The van der Waals surface area contributed by atoms with E-state index in [1.807, 2.05) is 0 Å². The number of nitrogens with zero attached hydrogens (tertiary/aromatic N) is 2. The Morgan fingerprint density at radius 1 is 1.43 bits per heavy atom. The Labute approximate surface area is 121 Å². The van der Waals surface area contributed by atoms with Crippen LogP contribution in [0.1, 0.15) is 18.4 Å². The molecule has 0 atom stereocenters. The fraction of sp³-hybridized carbons (Fsp3) is 0.429. The Kier molecular flexibility index (Phi) is 4.64.